The van der Waals surface area contributed by atoms with Crippen molar-refractivity contribution >= 4 is 27.6 Å². The first-order valence-corrected chi connectivity index (χ1v) is 11.7. The Morgan fingerprint density at radius 3 is 2.21 bits per heavy atom. The van der Waals surface area contributed by atoms with Crippen LogP contribution in [0.2, 0.25) is 0 Å². The maximum Gasteiger partial charge on any atom is 0.309 e. The molecule has 1 aromatic carbocycles. The summed E-state index contributed by atoms with van der Waals surface area (Å²) in [4.78, 5) is 26.5. The zero-order valence-corrected chi connectivity index (χ0v) is 18.3. The summed E-state index contributed by atoms with van der Waals surface area (Å²) in [7, 11) is -3.69. The van der Waals surface area contributed by atoms with Gasteiger partial charge in [0.25, 0.3) is 0 Å². The van der Waals surface area contributed by atoms with Crippen LogP contribution in [0.25, 0.3) is 0 Å². The van der Waals surface area contributed by atoms with Crippen LogP contribution >= 0.6 is 0 Å². The summed E-state index contributed by atoms with van der Waals surface area (Å²) < 4.78 is 36.5. The van der Waals surface area contributed by atoms with E-state index >= 15 is 0 Å². The number of carbonyl (C=O) groups excluding carboxylic acids is 2. The summed E-state index contributed by atoms with van der Waals surface area (Å²) in [5, 5.41) is 0. The normalized spacial score (nSPS) is 16.2. The minimum atomic E-state index is -3.69. The third kappa shape index (κ3) is 5.85. The standard InChI is InChI=1S/C20H30N2O6S/c1-5-27-18-9-7-17(8-10-18)22(29(4,25)26)15(3)19(23)21-13-11-16(12-14-21)20(24)28-6-2/h7-10,15-16H,5-6,11-14H2,1-4H3/t15-/m0/s1. The van der Waals surface area contributed by atoms with E-state index in [0.717, 1.165) is 10.6 Å². The maximum atomic E-state index is 13.0. The lowest BCUT2D eigenvalue weighted by Gasteiger charge is -2.36. The number of likely N-dealkylation sites (tertiary alicyclic amines) is 1. The van der Waals surface area contributed by atoms with Gasteiger partial charge in [-0.05, 0) is 57.9 Å². The van der Waals surface area contributed by atoms with Crippen LogP contribution in [0, 0.1) is 5.92 Å². The first kappa shape index (κ1) is 23.0. The number of rotatable bonds is 8. The van der Waals surface area contributed by atoms with Crippen LogP contribution in [0.15, 0.2) is 24.3 Å². The molecule has 0 radical (unpaired) electrons. The molecule has 8 nitrogen and oxygen atoms in total. The highest BCUT2D eigenvalue weighted by Gasteiger charge is 2.35. The van der Waals surface area contributed by atoms with E-state index in [0.29, 0.717) is 50.6 Å². The molecule has 0 saturated carbocycles. The molecule has 0 aliphatic carbocycles. The Morgan fingerprint density at radius 2 is 1.72 bits per heavy atom. The van der Waals surface area contributed by atoms with E-state index < -0.39 is 16.1 Å². The molecule has 0 spiro atoms. The SMILES string of the molecule is CCOC(=O)C1CCN(C(=O)[C@H](C)N(c2ccc(OCC)cc2)S(C)(=O)=O)CC1. The zero-order valence-electron chi connectivity index (χ0n) is 17.5. The van der Waals surface area contributed by atoms with Crippen molar-refractivity contribution in [1.29, 1.82) is 0 Å². The average Bonchev–Trinajstić information content (AvgIpc) is 2.68. The second kappa shape index (κ2) is 9.96. The van der Waals surface area contributed by atoms with Crippen molar-refractivity contribution in [2.45, 2.75) is 39.7 Å². The summed E-state index contributed by atoms with van der Waals surface area (Å²) in [5.74, 6) is -0.109. The molecule has 162 valence electrons. The summed E-state index contributed by atoms with van der Waals surface area (Å²) in [6, 6.07) is 5.71. The lowest BCUT2D eigenvalue weighted by molar-refractivity contribution is -0.151. The van der Waals surface area contributed by atoms with Gasteiger partial charge in [0.05, 0.1) is 31.1 Å². The largest absolute Gasteiger partial charge is 0.494 e. The van der Waals surface area contributed by atoms with Crippen molar-refractivity contribution in [3.8, 4) is 5.75 Å². The Bertz CT molecular complexity index is 801. The Balaban J connectivity index is 2.12. The molecule has 0 bridgehead atoms. The zero-order chi connectivity index (χ0) is 21.6. The number of ether oxygens (including phenoxy) is 2. The second-order valence-corrected chi connectivity index (χ2v) is 8.87. The van der Waals surface area contributed by atoms with Gasteiger partial charge in [-0.1, -0.05) is 0 Å². The van der Waals surface area contributed by atoms with Crippen molar-refractivity contribution in [3.05, 3.63) is 24.3 Å². The predicted molar refractivity (Wildman–Crippen MR) is 110 cm³/mol. The number of hydrogen-bond acceptors (Lipinski definition) is 6. The van der Waals surface area contributed by atoms with Crippen LogP contribution in [0.5, 0.6) is 5.75 Å². The fourth-order valence-electron chi connectivity index (χ4n) is 3.52. The summed E-state index contributed by atoms with van der Waals surface area (Å²) in [6.45, 7) is 6.84. The molecule has 9 heteroatoms. The molecule has 2 rings (SSSR count). The van der Waals surface area contributed by atoms with Crippen LogP contribution < -0.4 is 9.04 Å². The molecule has 1 saturated heterocycles. The molecule has 1 aliphatic heterocycles. The van der Waals surface area contributed by atoms with Crippen LogP contribution in [0.4, 0.5) is 5.69 Å². The molecule has 0 unspecified atom stereocenters. The number of carbonyl (C=O) groups is 2. The van der Waals surface area contributed by atoms with Crippen molar-refractivity contribution in [2.24, 2.45) is 5.92 Å². The van der Waals surface area contributed by atoms with E-state index in [-0.39, 0.29) is 17.8 Å². The predicted octanol–water partition coefficient (Wildman–Crippen LogP) is 2.04. The van der Waals surface area contributed by atoms with Gasteiger partial charge in [0.1, 0.15) is 11.8 Å². The van der Waals surface area contributed by atoms with E-state index in [1.54, 1.807) is 43.0 Å². The Kier molecular flexibility index (Phi) is 7.89. The number of piperidine rings is 1. The van der Waals surface area contributed by atoms with Gasteiger partial charge < -0.3 is 14.4 Å². The van der Waals surface area contributed by atoms with Crippen molar-refractivity contribution < 1.29 is 27.5 Å². The quantitative estimate of drug-likeness (QED) is 0.591. The van der Waals surface area contributed by atoms with E-state index in [1.165, 1.54) is 0 Å². The number of esters is 1. The number of amides is 1. The molecule has 1 fully saturated rings. The van der Waals surface area contributed by atoms with Gasteiger partial charge >= 0.3 is 5.97 Å². The molecule has 1 aliphatic rings. The van der Waals surface area contributed by atoms with Gasteiger partial charge in [-0.25, -0.2) is 8.42 Å². The van der Waals surface area contributed by atoms with Gasteiger partial charge in [-0.2, -0.15) is 0 Å². The molecule has 0 N–H and O–H groups in total. The first-order chi connectivity index (χ1) is 13.7. The highest BCUT2D eigenvalue weighted by atomic mass is 32.2. The van der Waals surface area contributed by atoms with E-state index in [1.807, 2.05) is 6.92 Å². The summed E-state index contributed by atoms with van der Waals surface area (Å²) in [5.41, 5.74) is 0.401. The first-order valence-electron chi connectivity index (χ1n) is 9.86. The van der Waals surface area contributed by atoms with E-state index in [4.69, 9.17) is 9.47 Å². The molecule has 29 heavy (non-hydrogen) atoms. The molecule has 0 aromatic heterocycles. The minimum absolute atomic E-state index is 0.216. The topological polar surface area (TPSA) is 93.2 Å². The number of benzene rings is 1. The Labute approximate surface area is 172 Å². The third-order valence-corrected chi connectivity index (χ3v) is 6.14. The van der Waals surface area contributed by atoms with Crippen LogP contribution in [0.3, 0.4) is 0 Å². The number of nitrogens with zero attached hydrogens (tertiary/aromatic N) is 2. The summed E-state index contributed by atoms with van der Waals surface area (Å²) >= 11 is 0. The second-order valence-electron chi connectivity index (χ2n) is 7.01. The molecule has 1 atom stereocenters. The smallest absolute Gasteiger partial charge is 0.309 e. The van der Waals surface area contributed by atoms with Crippen LogP contribution in [0.1, 0.15) is 33.6 Å². The monoisotopic (exact) mass is 426 g/mol. The highest BCUT2D eigenvalue weighted by molar-refractivity contribution is 7.92. The number of anilines is 1. The van der Waals surface area contributed by atoms with Crippen LogP contribution in [-0.2, 0) is 24.3 Å². The summed E-state index contributed by atoms with van der Waals surface area (Å²) in [6.07, 6.45) is 2.11. The Hall–Kier alpha value is -2.29. The average molecular weight is 427 g/mol. The maximum absolute atomic E-state index is 13.0. The molecule has 1 aromatic rings. The van der Waals surface area contributed by atoms with Gasteiger partial charge in [-0.15, -0.1) is 0 Å². The number of hydrogen-bond donors (Lipinski definition) is 0. The van der Waals surface area contributed by atoms with Crippen molar-refractivity contribution in [1.82, 2.24) is 4.90 Å². The van der Waals surface area contributed by atoms with E-state index in [2.05, 4.69) is 0 Å². The molecular formula is C20H30N2O6S. The lowest BCUT2D eigenvalue weighted by Crippen LogP contribution is -2.51. The van der Waals surface area contributed by atoms with Crippen molar-refractivity contribution in [2.75, 3.05) is 36.9 Å². The van der Waals surface area contributed by atoms with E-state index in [9.17, 15) is 18.0 Å². The third-order valence-electron chi connectivity index (χ3n) is 4.90. The highest BCUT2D eigenvalue weighted by Crippen LogP contribution is 2.26. The van der Waals surface area contributed by atoms with Crippen LogP contribution in [-0.4, -0.2) is 63.8 Å². The van der Waals surface area contributed by atoms with Crippen molar-refractivity contribution in [3.63, 3.8) is 0 Å². The van der Waals surface area contributed by atoms with Gasteiger partial charge in [-0.3, -0.25) is 13.9 Å². The lowest BCUT2D eigenvalue weighted by atomic mass is 9.96. The molecule has 1 heterocycles. The fraction of sp³-hybridized carbons (Fsp3) is 0.600. The minimum Gasteiger partial charge on any atom is -0.494 e. The Morgan fingerprint density at radius 1 is 1.14 bits per heavy atom. The number of sulfonamides is 1. The van der Waals surface area contributed by atoms with Gasteiger partial charge in [0, 0.05) is 13.1 Å². The van der Waals surface area contributed by atoms with Gasteiger partial charge in [0.2, 0.25) is 15.9 Å². The molecule has 1 amide bonds. The fourth-order valence-corrected chi connectivity index (χ4v) is 4.69. The van der Waals surface area contributed by atoms with Gasteiger partial charge in [0.15, 0.2) is 0 Å². The molecular weight excluding hydrogens is 396 g/mol.